The van der Waals surface area contributed by atoms with Gasteiger partial charge in [-0.3, -0.25) is 4.79 Å². The number of aromatic nitrogens is 1. The minimum absolute atomic E-state index is 0.129. The molecule has 2 atom stereocenters. The van der Waals surface area contributed by atoms with E-state index in [2.05, 4.69) is 28.4 Å². The molecular formula is C20H27N3O. The highest BCUT2D eigenvalue weighted by Crippen LogP contribution is 2.30. The smallest absolute Gasteiger partial charge is 0.239 e. The fraction of sp³-hybridized carbons (Fsp3) is 0.550. The first kappa shape index (κ1) is 15.7. The van der Waals surface area contributed by atoms with Gasteiger partial charge in [0, 0.05) is 24.3 Å². The summed E-state index contributed by atoms with van der Waals surface area (Å²) in [5.41, 5.74) is 1.13. The third-order valence-electron chi connectivity index (χ3n) is 5.78. The lowest BCUT2D eigenvalue weighted by atomic mass is 9.83. The van der Waals surface area contributed by atoms with Gasteiger partial charge in [-0.25, -0.2) is 0 Å². The second-order valence-corrected chi connectivity index (χ2v) is 7.31. The number of hydrogen-bond donors (Lipinski definition) is 1. The largest absolute Gasteiger partial charge is 0.354 e. The first-order valence-electron chi connectivity index (χ1n) is 9.36. The van der Waals surface area contributed by atoms with Crippen molar-refractivity contribution in [3.05, 3.63) is 36.5 Å². The molecule has 4 heteroatoms. The normalized spacial score (nSPS) is 24.7. The maximum atomic E-state index is 12.4. The van der Waals surface area contributed by atoms with Crippen LogP contribution in [0.25, 0.3) is 10.9 Å². The first-order valence-corrected chi connectivity index (χ1v) is 9.36. The Morgan fingerprint density at radius 1 is 1.08 bits per heavy atom. The predicted molar refractivity (Wildman–Crippen MR) is 96.9 cm³/mol. The number of fused-ring (bicyclic) bond motifs is 2. The maximum absolute atomic E-state index is 12.4. The fourth-order valence-electron chi connectivity index (χ4n) is 4.55. The van der Waals surface area contributed by atoms with Crippen LogP contribution in [0.3, 0.4) is 0 Å². The van der Waals surface area contributed by atoms with Crippen LogP contribution >= 0.6 is 0 Å². The second-order valence-electron chi connectivity index (χ2n) is 7.31. The number of amides is 1. The topological polar surface area (TPSA) is 37.3 Å². The van der Waals surface area contributed by atoms with Gasteiger partial charge in [0.15, 0.2) is 0 Å². The van der Waals surface area contributed by atoms with E-state index in [0.29, 0.717) is 18.5 Å². The van der Waals surface area contributed by atoms with Gasteiger partial charge in [0.25, 0.3) is 0 Å². The van der Waals surface area contributed by atoms with Crippen LogP contribution in [0.5, 0.6) is 0 Å². The maximum Gasteiger partial charge on any atom is 0.239 e. The summed E-state index contributed by atoms with van der Waals surface area (Å²) in [7, 11) is 0. The van der Waals surface area contributed by atoms with E-state index in [9.17, 15) is 4.79 Å². The standard InChI is InChI=1S/C20H27N3O/c24-20(15-23-13-10-16-6-1-2-8-18(16)23)21-14-17-7-5-12-22-11-4-3-9-19(17)22/h1-2,6,8,10,13,17,19H,3-5,7,9,11-12,14-15H2,(H,21,24)/t17-,19+/m0/s1. The van der Waals surface area contributed by atoms with Crippen molar-refractivity contribution in [3.63, 3.8) is 0 Å². The molecule has 0 aliphatic carbocycles. The van der Waals surface area contributed by atoms with Crippen LogP contribution in [0.15, 0.2) is 36.5 Å². The van der Waals surface area contributed by atoms with Crippen LogP contribution < -0.4 is 5.32 Å². The monoisotopic (exact) mass is 325 g/mol. The Balaban J connectivity index is 1.34. The zero-order valence-corrected chi connectivity index (χ0v) is 14.3. The van der Waals surface area contributed by atoms with Crippen LogP contribution in [-0.4, -0.2) is 41.1 Å². The summed E-state index contributed by atoms with van der Waals surface area (Å²) in [5.74, 6) is 0.758. The Hall–Kier alpha value is -1.81. The van der Waals surface area contributed by atoms with Gasteiger partial charge in [0.2, 0.25) is 5.91 Å². The highest BCUT2D eigenvalue weighted by molar-refractivity contribution is 5.83. The van der Waals surface area contributed by atoms with Crippen LogP contribution in [0.1, 0.15) is 32.1 Å². The lowest BCUT2D eigenvalue weighted by molar-refractivity contribution is -0.122. The summed E-state index contributed by atoms with van der Waals surface area (Å²) in [6.45, 7) is 3.75. The summed E-state index contributed by atoms with van der Waals surface area (Å²) in [4.78, 5) is 15.1. The highest BCUT2D eigenvalue weighted by atomic mass is 16.1. The number of piperidine rings is 2. The minimum atomic E-state index is 0.129. The van der Waals surface area contributed by atoms with Crippen molar-refractivity contribution in [1.29, 1.82) is 0 Å². The summed E-state index contributed by atoms with van der Waals surface area (Å²) < 4.78 is 2.04. The summed E-state index contributed by atoms with van der Waals surface area (Å²) >= 11 is 0. The molecule has 0 bridgehead atoms. The number of hydrogen-bond acceptors (Lipinski definition) is 2. The molecule has 1 N–H and O–H groups in total. The van der Waals surface area contributed by atoms with Gasteiger partial charge in [0.1, 0.15) is 6.54 Å². The van der Waals surface area contributed by atoms with Gasteiger partial charge in [-0.05, 0) is 62.2 Å². The Kier molecular flexibility index (Phi) is 4.56. The van der Waals surface area contributed by atoms with Crippen LogP contribution in [0.2, 0.25) is 0 Å². The van der Waals surface area contributed by atoms with Gasteiger partial charge >= 0.3 is 0 Å². The molecule has 2 fully saturated rings. The zero-order valence-electron chi connectivity index (χ0n) is 14.3. The third-order valence-corrected chi connectivity index (χ3v) is 5.78. The number of nitrogens with zero attached hydrogens (tertiary/aromatic N) is 2. The molecular weight excluding hydrogens is 298 g/mol. The number of para-hydroxylation sites is 1. The molecule has 1 aromatic heterocycles. The molecule has 4 nitrogen and oxygen atoms in total. The van der Waals surface area contributed by atoms with Crippen molar-refractivity contribution < 1.29 is 4.79 Å². The highest BCUT2D eigenvalue weighted by Gasteiger charge is 2.32. The van der Waals surface area contributed by atoms with E-state index in [0.717, 1.165) is 12.1 Å². The predicted octanol–water partition coefficient (Wildman–Crippen LogP) is 3.02. The summed E-state index contributed by atoms with van der Waals surface area (Å²) in [6.07, 6.45) is 8.54. The Morgan fingerprint density at radius 3 is 2.92 bits per heavy atom. The van der Waals surface area contributed by atoms with Crippen molar-refractivity contribution in [3.8, 4) is 0 Å². The summed E-state index contributed by atoms with van der Waals surface area (Å²) in [6, 6.07) is 11.0. The van der Waals surface area contributed by atoms with Gasteiger partial charge < -0.3 is 14.8 Å². The van der Waals surface area contributed by atoms with Crippen molar-refractivity contribution in [2.45, 2.75) is 44.7 Å². The van der Waals surface area contributed by atoms with Gasteiger partial charge in [-0.2, -0.15) is 0 Å². The van der Waals surface area contributed by atoms with E-state index in [4.69, 9.17) is 0 Å². The Morgan fingerprint density at radius 2 is 1.96 bits per heavy atom. The molecule has 2 aromatic rings. The Bertz CT molecular complexity index is 706. The summed E-state index contributed by atoms with van der Waals surface area (Å²) in [5, 5.41) is 4.39. The number of rotatable bonds is 4. The molecule has 3 heterocycles. The van der Waals surface area contributed by atoms with Crippen LogP contribution in [0, 0.1) is 5.92 Å². The van der Waals surface area contributed by atoms with Crippen molar-refractivity contribution in [1.82, 2.24) is 14.8 Å². The van der Waals surface area contributed by atoms with Crippen LogP contribution in [-0.2, 0) is 11.3 Å². The van der Waals surface area contributed by atoms with Gasteiger partial charge in [0.05, 0.1) is 0 Å². The number of carbonyl (C=O) groups excluding carboxylic acids is 1. The van der Waals surface area contributed by atoms with Crippen molar-refractivity contribution in [2.24, 2.45) is 5.92 Å². The number of carbonyl (C=O) groups is 1. The second kappa shape index (κ2) is 6.98. The molecule has 0 unspecified atom stereocenters. The minimum Gasteiger partial charge on any atom is -0.354 e. The van der Waals surface area contributed by atoms with Crippen molar-refractivity contribution in [2.75, 3.05) is 19.6 Å². The number of benzene rings is 1. The fourth-order valence-corrected chi connectivity index (χ4v) is 4.55. The number of nitrogens with one attached hydrogen (secondary N) is 1. The van der Waals surface area contributed by atoms with E-state index >= 15 is 0 Å². The quantitative estimate of drug-likeness (QED) is 0.938. The molecule has 2 aliphatic rings. The lowest BCUT2D eigenvalue weighted by Gasteiger charge is -2.44. The molecule has 0 saturated carbocycles. The average Bonchev–Trinajstić information content (AvgIpc) is 3.03. The van der Waals surface area contributed by atoms with Gasteiger partial charge in [-0.1, -0.05) is 24.6 Å². The van der Waals surface area contributed by atoms with Crippen LogP contribution in [0.4, 0.5) is 0 Å². The van der Waals surface area contributed by atoms with E-state index in [1.165, 1.54) is 50.6 Å². The van der Waals surface area contributed by atoms with E-state index in [-0.39, 0.29) is 5.91 Å². The van der Waals surface area contributed by atoms with Crippen molar-refractivity contribution >= 4 is 16.8 Å². The lowest BCUT2D eigenvalue weighted by Crippen LogP contribution is -2.51. The zero-order chi connectivity index (χ0) is 16.4. The molecule has 128 valence electrons. The Labute approximate surface area is 143 Å². The first-order chi connectivity index (χ1) is 11.8. The molecule has 2 aliphatic heterocycles. The van der Waals surface area contributed by atoms with E-state index in [1.807, 2.05) is 22.9 Å². The third kappa shape index (κ3) is 3.20. The molecule has 4 rings (SSSR count). The average molecular weight is 325 g/mol. The molecule has 0 spiro atoms. The molecule has 1 amide bonds. The molecule has 1 aromatic carbocycles. The van der Waals surface area contributed by atoms with E-state index < -0.39 is 0 Å². The molecule has 2 saturated heterocycles. The SMILES string of the molecule is O=C(Cn1ccc2ccccc21)NC[C@@H]1CCCN2CCCC[C@H]12. The van der Waals surface area contributed by atoms with Gasteiger partial charge in [-0.15, -0.1) is 0 Å². The molecule has 24 heavy (non-hydrogen) atoms. The van der Waals surface area contributed by atoms with E-state index in [1.54, 1.807) is 0 Å². The molecule has 0 radical (unpaired) electrons.